The highest BCUT2D eigenvalue weighted by Crippen LogP contribution is 2.49. The van der Waals surface area contributed by atoms with Gasteiger partial charge in [0.15, 0.2) is 5.72 Å². The summed E-state index contributed by atoms with van der Waals surface area (Å²) in [6.45, 7) is 10.5. The van der Waals surface area contributed by atoms with Gasteiger partial charge < -0.3 is 49.1 Å². The SMILES string of the molecule is CNN(C)Cc1cc2ccccc2n1CCC(=O)NCCNCC(=O)N(C)[C@@H](C)C(=O)O[C@H]1CC(=O)N(C)c2cc(cc(C)c2Cl)C/C(C)=C/C=C/[C@@H](OC)[C@]2(O)C[C@H](OC(=O)N2)[C@@H](C)C2O[C@]21C. The first kappa shape index (κ1) is 53.0. The zero-order chi connectivity index (χ0) is 50.4. The number of hydrogen-bond acceptors (Lipinski definition) is 13. The Bertz CT molecular complexity index is 2440. The van der Waals surface area contributed by atoms with Gasteiger partial charge in [0.05, 0.1) is 36.3 Å². The molecular formula is C50H69ClN8O10. The van der Waals surface area contributed by atoms with E-state index < -0.39 is 71.6 Å². The van der Waals surface area contributed by atoms with Gasteiger partial charge in [-0.1, -0.05) is 66.6 Å². The maximum Gasteiger partial charge on any atom is 0.409 e. The van der Waals surface area contributed by atoms with E-state index in [0.29, 0.717) is 36.8 Å². The standard InChI is InChI=1S/C50H69ClN8O10/c1-30-14-13-17-40(66-10)50(65)27-39(67-48(64)55-50)32(3)46-49(5,69-46)41(26-43(61)58(9)38-24-34(22-30)23-31(2)45(38)51)68-47(63)33(4)57(8)44(62)28-53-19-20-54-42(60)18-21-59-36(29-56(7)52-6)25-35-15-11-12-16-37(35)59/h11-17,23-25,32-33,39-41,46,52-53,65H,18-22,26-29H2,1-10H3,(H,54,60)(H,55,64)/b17-13+,30-14+/t32-,33+,39+,40-,41+,46?,49+,50-/m1/s1. The van der Waals surface area contributed by atoms with E-state index in [9.17, 15) is 29.1 Å². The Kier molecular flexibility index (Phi) is 17.4. The van der Waals surface area contributed by atoms with Gasteiger partial charge in [-0.2, -0.15) is 0 Å². The number of carbonyl (C=O) groups excluding carboxylic acids is 5. The number of rotatable bonds is 15. The topological polar surface area (TPSA) is 209 Å². The summed E-state index contributed by atoms with van der Waals surface area (Å²) in [5.74, 6) is -2.27. The summed E-state index contributed by atoms with van der Waals surface area (Å²) in [6, 6.07) is 12.9. The fourth-order valence-corrected chi connectivity index (χ4v) is 9.39. The number of alkyl carbamates (subject to hydrolysis) is 1. The van der Waals surface area contributed by atoms with Crippen LogP contribution in [0.4, 0.5) is 10.5 Å². The van der Waals surface area contributed by atoms with Crippen molar-refractivity contribution in [2.45, 2.75) is 115 Å². The molecule has 2 aromatic carbocycles. The van der Waals surface area contributed by atoms with E-state index in [1.54, 1.807) is 33.0 Å². The predicted octanol–water partition coefficient (Wildman–Crippen LogP) is 4.13. The van der Waals surface area contributed by atoms with Crippen LogP contribution >= 0.6 is 11.6 Å². The molecule has 4 heterocycles. The molecule has 3 aromatic rings. The molecule has 3 aliphatic heterocycles. The average molecular weight is 978 g/mol. The van der Waals surface area contributed by atoms with E-state index in [1.165, 1.54) is 30.9 Å². The Hall–Kier alpha value is -5.34. The van der Waals surface area contributed by atoms with Crippen LogP contribution in [0, 0.1) is 12.8 Å². The third-order valence-electron chi connectivity index (χ3n) is 13.7. The fourth-order valence-electron chi connectivity index (χ4n) is 9.15. The third-order valence-corrected chi connectivity index (χ3v) is 14.2. The van der Waals surface area contributed by atoms with Gasteiger partial charge in [0.2, 0.25) is 17.7 Å². The zero-order valence-electron chi connectivity index (χ0n) is 41.4. The van der Waals surface area contributed by atoms with Crippen molar-refractivity contribution in [2.75, 3.05) is 59.8 Å². The molecule has 6 rings (SSSR count). The molecule has 19 heteroatoms. The lowest BCUT2D eigenvalue weighted by molar-refractivity contribution is -0.161. The second-order valence-corrected chi connectivity index (χ2v) is 19.1. The number of likely N-dealkylation sites (N-methyl/N-ethyl adjacent to an activating group) is 1. The van der Waals surface area contributed by atoms with E-state index in [4.69, 9.17) is 30.5 Å². The number of aliphatic hydroxyl groups is 1. The van der Waals surface area contributed by atoms with Crippen LogP contribution in [0.1, 0.15) is 63.8 Å². The van der Waals surface area contributed by atoms with E-state index in [0.717, 1.165) is 33.3 Å². The Morgan fingerprint density at radius 2 is 1.86 bits per heavy atom. The summed E-state index contributed by atoms with van der Waals surface area (Å²) in [4.78, 5) is 70.3. The van der Waals surface area contributed by atoms with Crippen LogP contribution in [-0.4, -0.2) is 146 Å². The summed E-state index contributed by atoms with van der Waals surface area (Å²) in [5.41, 5.74) is 5.25. The van der Waals surface area contributed by atoms with Crippen molar-refractivity contribution in [3.63, 3.8) is 0 Å². The van der Waals surface area contributed by atoms with E-state index in [-0.39, 0.29) is 38.3 Å². The number of hydrogen-bond donors (Lipinski definition) is 5. The summed E-state index contributed by atoms with van der Waals surface area (Å²) in [6.07, 6.45) is 1.18. The van der Waals surface area contributed by atoms with Gasteiger partial charge in [0.1, 0.15) is 30.0 Å². The number of fused-ring (bicyclic) bond motifs is 6. The van der Waals surface area contributed by atoms with Crippen LogP contribution in [-0.2, 0) is 57.6 Å². The van der Waals surface area contributed by atoms with Crippen molar-refractivity contribution >= 4 is 58.0 Å². The van der Waals surface area contributed by atoms with E-state index in [2.05, 4.69) is 38.1 Å². The maximum absolute atomic E-state index is 14.3. The van der Waals surface area contributed by atoms with Crippen LogP contribution in [0.25, 0.3) is 10.9 Å². The molecule has 5 N–H and O–H groups in total. The highest BCUT2D eigenvalue weighted by Gasteiger charge is 2.64. The van der Waals surface area contributed by atoms with Gasteiger partial charge in [-0.05, 0) is 75.9 Å². The summed E-state index contributed by atoms with van der Waals surface area (Å²) < 4.78 is 26.0. The number of allylic oxidation sites excluding steroid dienone is 3. The number of anilines is 1. The minimum atomic E-state index is -1.84. The molecule has 0 radical (unpaired) electrons. The van der Waals surface area contributed by atoms with Gasteiger partial charge in [0, 0.05) is 77.9 Å². The van der Waals surface area contributed by atoms with Crippen molar-refractivity contribution in [3.8, 4) is 0 Å². The maximum atomic E-state index is 14.3. The number of carbonyl (C=O) groups is 5. The molecule has 1 unspecified atom stereocenters. The Balaban J connectivity index is 1.10. The lowest BCUT2D eigenvalue weighted by Gasteiger charge is -2.42. The van der Waals surface area contributed by atoms with Crippen LogP contribution in [0.5, 0.6) is 0 Å². The lowest BCUT2D eigenvalue weighted by atomic mass is 9.83. The van der Waals surface area contributed by atoms with Gasteiger partial charge in [-0.15, -0.1) is 0 Å². The monoisotopic (exact) mass is 976 g/mol. The molecule has 0 aliphatic carbocycles. The second-order valence-electron chi connectivity index (χ2n) is 18.7. The number of nitrogens with one attached hydrogen (secondary N) is 4. The fraction of sp³-hybridized carbons (Fsp3) is 0.540. The van der Waals surface area contributed by atoms with Crippen molar-refractivity contribution in [3.05, 3.63) is 88.1 Å². The van der Waals surface area contributed by atoms with Crippen molar-refractivity contribution in [2.24, 2.45) is 5.92 Å². The number of benzene rings is 2. The summed E-state index contributed by atoms with van der Waals surface area (Å²) in [7, 11) is 8.34. The van der Waals surface area contributed by atoms with Gasteiger partial charge in [0.25, 0.3) is 0 Å². The minimum absolute atomic E-state index is 0.0656. The molecule has 2 saturated heterocycles. The van der Waals surface area contributed by atoms with Crippen LogP contribution in [0.15, 0.2) is 66.3 Å². The molecule has 3 aliphatic rings. The minimum Gasteiger partial charge on any atom is -0.457 e. The van der Waals surface area contributed by atoms with Crippen LogP contribution in [0.3, 0.4) is 0 Å². The van der Waals surface area contributed by atoms with Gasteiger partial charge >= 0.3 is 12.1 Å². The predicted molar refractivity (Wildman–Crippen MR) is 262 cm³/mol. The second kappa shape index (κ2) is 22.6. The number of epoxide rings is 1. The van der Waals surface area contributed by atoms with Crippen molar-refractivity contribution in [1.82, 2.24) is 35.9 Å². The number of hydrazine groups is 1. The number of nitrogens with zero attached hydrogens (tertiary/aromatic N) is 4. The molecule has 18 nitrogen and oxygen atoms in total. The number of esters is 1. The molecule has 8 atom stereocenters. The first-order valence-electron chi connectivity index (χ1n) is 23.4. The van der Waals surface area contributed by atoms with Gasteiger partial charge in [-0.25, -0.2) is 14.6 Å². The number of aromatic nitrogens is 1. The normalized spacial score (nSPS) is 26.8. The molecular weight excluding hydrogens is 908 g/mol. The first-order chi connectivity index (χ1) is 32.7. The number of halogens is 1. The van der Waals surface area contributed by atoms with Gasteiger partial charge in [-0.3, -0.25) is 25.1 Å². The highest BCUT2D eigenvalue weighted by atomic mass is 35.5. The molecule has 69 heavy (non-hydrogen) atoms. The molecule has 4 bridgehead atoms. The molecule has 376 valence electrons. The highest BCUT2D eigenvalue weighted by molar-refractivity contribution is 6.34. The number of ether oxygens (including phenoxy) is 4. The lowest BCUT2D eigenvalue weighted by Crippen LogP contribution is -2.63. The van der Waals surface area contributed by atoms with Crippen LogP contribution in [0.2, 0.25) is 5.02 Å². The molecule has 0 saturated carbocycles. The third kappa shape index (κ3) is 12.5. The first-order valence-corrected chi connectivity index (χ1v) is 23.8. The van der Waals surface area contributed by atoms with Crippen molar-refractivity contribution in [1.29, 1.82) is 0 Å². The average Bonchev–Trinajstić information content (AvgIpc) is 3.89. The van der Waals surface area contributed by atoms with E-state index >= 15 is 0 Å². The Morgan fingerprint density at radius 1 is 1.12 bits per heavy atom. The van der Waals surface area contributed by atoms with E-state index in [1.807, 2.05) is 69.4 Å². The molecule has 4 amide bonds. The largest absolute Gasteiger partial charge is 0.457 e. The zero-order valence-corrected chi connectivity index (χ0v) is 42.1. The molecule has 1 aromatic heterocycles. The van der Waals surface area contributed by atoms with Crippen LogP contribution < -0.4 is 26.3 Å². The summed E-state index contributed by atoms with van der Waals surface area (Å²) >= 11 is 6.83. The Morgan fingerprint density at radius 3 is 2.58 bits per heavy atom. The Labute approximate surface area is 409 Å². The quantitative estimate of drug-likeness (QED) is 0.0630. The molecule has 0 spiro atoms. The molecule has 2 fully saturated rings. The number of para-hydroxylation sites is 1. The smallest absolute Gasteiger partial charge is 0.409 e. The number of amides is 4. The number of aryl methyl sites for hydroxylation is 2. The number of methoxy groups -OCH3 is 1. The summed E-state index contributed by atoms with van der Waals surface area (Å²) in [5, 5.41) is 23.8. The van der Waals surface area contributed by atoms with Crippen molar-refractivity contribution < 1.29 is 48.0 Å².